The number of carbonyl (C=O) groups is 2. The molecule has 0 aromatic heterocycles. The molecule has 0 rings (SSSR count). The molecule has 104 valence electrons. The zero-order valence-electron chi connectivity index (χ0n) is 7.96. The van der Waals surface area contributed by atoms with Gasteiger partial charge >= 0.3 is 0 Å². The lowest BCUT2D eigenvalue weighted by Crippen LogP contribution is -2.00. The molecule has 0 unspecified atom stereocenters. The minimum Gasteiger partial charge on any atom is -0.464 e. The highest BCUT2D eigenvalue weighted by Gasteiger charge is 1.81. The molecule has 0 atom stereocenters. The van der Waals surface area contributed by atoms with E-state index in [1.54, 1.807) is 0 Å². The van der Waals surface area contributed by atoms with Gasteiger partial charge in [0.25, 0.3) is 12.9 Å². The van der Waals surface area contributed by atoms with E-state index >= 15 is 0 Å². The molecule has 16 heavy (non-hydrogen) atoms. The van der Waals surface area contributed by atoms with E-state index in [1.165, 1.54) is 0 Å². The number of aliphatic hydroxyl groups excluding tert-OH is 3. The molecule has 0 aromatic carbocycles. The van der Waals surface area contributed by atoms with Crippen LogP contribution in [0.5, 0.6) is 0 Å². The highest BCUT2D eigenvalue weighted by molar-refractivity contribution is 5.38. The van der Waals surface area contributed by atoms with Gasteiger partial charge in [-0.25, -0.2) is 0 Å². The molecule has 0 bridgehead atoms. The lowest BCUT2D eigenvalue weighted by atomic mass is 10.8. The SMILES string of the molecule is C.C.CO.O=COCCOC=O.OCCO.[HH]. The lowest BCUT2D eigenvalue weighted by Gasteiger charge is -1.93. The van der Waals surface area contributed by atoms with E-state index in [-0.39, 0.29) is 42.7 Å². The van der Waals surface area contributed by atoms with Crippen molar-refractivity contribution in [2.75, 3.05) is 33.5 Å². The maximum atomic E-state index is 9.40. The predicted octanol–water partition coefficient (Wildman–Crippen LogP) is -0.570. The summed E-state index contributed by atoms with van der Waals surface area (Å²) in [5.74, 6) is 0. The van der Waals surface area contributed by atoms with Crippen LogP contribution in [0.2, 0.25) is 0 Å². The Labute approximate surface area is 98.1 Å². The van der Waals surface area contributed by atoms with Gasteiger partial charge in [-0.2, -0.15) is 0 Å². The monoisotopic (exact) mass is 246 g/mol. The first-order valence-corrected chi connectivity index (χ1v) is 3.60. The Morgan fingerprint density at radius 3 is 1.31 bits per heavy atom. The van der Waals surface area contributed by atoms with Crippen molar-refractivity contribution in [3.8, 4) is 0 Å². The molecule has 0 radical (unpaired) electrons. The molecule has 0 aliphatic heterocycles. The summed E-state index contributed by atoms with van der Waals surface area (Å²) in [5.41, 5.74) is 0. The van der Waals surface area contributed by atoms with Crippen molar-refractivity contribution in [1.82, 2.24) is 0 Å². The zero-order chi connectivity index (χ0) is 11.7. The summed E-state index contributed by atoms with van der Waals surface area (Å²) in [7, 11) is 1.00. The summed E-state index contributed by atoms with van der Waals surface area (Å²) in [5, 5.41) is 22.2. The molecule has 7 nitrogen and oxygen atoms in total. The predicted molar refractivity (Wildman–Crippen MR) is 61.9 cm³/mol. The second-order valence-corrected chi connectivity index (χ2v) is 1.38. The summed E-state index contributed by atoms with van der Waals surface area (Å²) >= 11 is 0. The van der Waals surface area contributed by atoms with Gasteiger partial charge in [-0.05, 0) is 0 Å². The van der Waals surface area contributed by atoms with Crippen LogP contribution in [0.25, 0.3) is 0 Å². The average Bonchev–Trinajstić information content (AvgIpc) is 2.28. The van der Waals surface area contributed by atoms with Gasteiger partial charge < -0.3 is 24.8 Å². The average molecular weight is 246 g/mol. The summed E-state index contributed by atoms with van der Waals surface area (Å²) in [6.07, 6.45) is 0. The molecular formula is C9H26O7. The van der Waals surface area contributed by atoms with Crippen LogP contribution in [0.15, 0.2) is 0 Å². The van der Waals surface area contributed by atoms with E-state index in [0.29, 0.717) is 12.9 Å². The fraction of sp³-hybridized carbons (Fsp3) is 0.778. The van der Waals surface area contributed by atoms with Gasteiger partial charge in [-0.15, -0.1) is 0 Å². The van der Waals surface area contributed by atoms with Gasteiger partial charge in [-0.3, -0.25) is 9.59 Å². The summed E-state index contributed by atoms with van der Waals surface area (Å²) in [6, 6.07) is 0. The second-order valence-electron chi connectivity index (χ2n) is 1.38. The standard InChI is InChI=1S/C4H6O4.C2H6O2.CH4O.2CH4.H2/c5-3-7-1-2-8-4-6;3-1-2-4;1-2;;;/h3-4H,1-2H2;3-4H,1-2H2;2H,1H3;2*1H4;1H. The Balaban J connectivity index is -0.0000000296. The van der Waals surface area contributed by atoms with Crippen molar-refractivity contribution in [2.24, 2.45) is 0 Å². The number of hydrogen-bond donors (Lipinski definition) is 3. The molecule has 3 N–H and O–H groups in total. The number of rotatable bonds is 6. The molecule has 0 heterocycles. The highest BCUT2D eigenvalue weighted by Crippen LogP contribution is 1.68. The normalized spacial score (nSPS) is 6.00. The van der Waals surface area contributed by atoms with Gasteiger partial charge in [0.2, 0.25) is 0 Å². The van der Waals surface area contributed by atoms with Gasteiger partial charge in [-0.1, -0.05) is 14.9 Å². The topological polar surface area (TPSA) is 113 Å². The second kappa shape index (κ2) is 48.8. The molecule has 0 fully saturated rings. The van der Waals surface area contributed by atoms with Gasteiger partial charge in [0, 0.05) is 8.54 Å². The van der Waals surface area contributed by atoms with Crippen LogP contribution in [0.1, 0.15) is 16.3 Å². The maximum Gasteiger partial charge on any atom is 0.293 e. The number of hydrogen-bond acceptors (Lipinski definition) is 7. The minimum absolute atomic E-state index is 0. The lowest BCUT2D eigenvalue weighted by molar-refractivity contribution is -0.136. The van der Waals surface area contributed by atoms with Crippen LogP contribution in [0.3, 0.4) is 0 Å². The van der Waals surface area contributed by atoms with Crippen molar-refractivity contribution in [3.05, 3.63) is 0 Å². The first-order chi connectivity index (χ1) is 6.83. The largest absolute Gasteiger partial charge is 0.464 e. The van der Waals surface area contributed by atoms with Crippen LogP contribution in [0.4, 0.5) is 0 Å². The van der Waals surface area contributed by atoms with Crippen LogP contribution < -0.4 is 0 Å². The minimum atomic E-state index is -0.125. The van der Waals surface area contributed by atoms with Crippen molar-refractivity contribution < 1.29 is 35.8 Å². The first kappa shape index (κ1) is 29.4. The molecule has 0 amide bonds. The van der Waals surface area contributed by atoms with E-state index in [0.717, 1.165) is 7.11 Å². The molecule has 0 saturated heterocycles. The van der Waals surface area contributed by atoms with Crippen molar-refractivity contribution in [3.63, 3.8) is 0 Å². The molecule has 0 saturated carbocycles. The van der Waals surface area contributed by atoms with Gasteiger partial charge in [0.05, 0.1) is 13.2 Å². The fourth-order valence-corrected chi connectivity index (χ4v) is 0.192. The number of ether oxygens (including phenoxy) is 2. The summed E-state index contributed by atoms with van der Waals surface area (Å²) < 4.78 is 8.34. The zero-order valence-corrected chi connectivity index (χ0v) is 7.96. The molecular weight excluding hydrogens is 220 g/mol. The highest BCUT2D eigenvalue weighted by atomic mass is 16.6. The van der Waals surface area contributed by atoms with E-state index in [1.807, 2.05) is 0 Å². The Kier molecular flexibility index (Phi) is 89.6. The molecule has 7 heteroatoms. The van der Waals surface area contributed by atoms with E-state index < -0.39 is 0 Å². The number of carbonyl (C=O) groups excluding carboxylic acids is 2. The molecule has 0 aliphatic carbocycles. The number of aliphatic hydroxyl groups is 3. The third-order valence-electron chi connectivity index (χ3n) is 0.555. The summed E-state index contributed by atoms with van der Waals surface area (Å²) in [4.78, 5) is 18.8. The Hall–Kier alpha value is -1.18. The van der Waals surface area contributed by atoms with E-state index in [4.69, 9.17) is 15.3 Å². The Morgan fingerprint density at radius 2 is 1.19 bits per heavy atom. The van der Waals surface area contributed by atoms with E-state index in [9.17, 15) is 9.59 Å². The molecule has 0 aromatic rings. The first-order valence-electron chi connectivity index (χ1n) is 3.60. The van der Waals surface area contributed by atoms with Gasteiger partial charge in [0.1, 0.15) is 13.2 Å². The third kappa shape index (κ3) is 77.1. The Bertz CT molecular complexity index is 91.3. The van der Waals surface area contributed by atoms with Gasteiger partial charge in [0.15, 0.2) is 0 Å². The smallest absolute Gasteiger partial charge is 0.293 e. The summed E-state index contributed by atoms with van der Waals surface area (Å²) in [6.45, 7) is 0.604. The molecule has 0 spiro atoms. The fourth-order valence-electron chi connectivity index (χ4n) is 0.192. The van der Waals surface area contributed by atoms with Crippen molar-refractivity contribution in [2.45, 2.75) is 14.9 Å². The third-order valence-corrected chi connectivity index (χ3v) is 0.555. The van der Waals surface area contributed by atoms with E-state index in [2.05, 4.69) is 9.47 Å². The maximum absolute atomic E-state index is 9.40. The van der Waals surface area contributed by atoms with Crippen molar-refractivity contribution >= 4 is 12.9 Å². The Morgan fingerprint density at radius 1 is 0.938 bits per heavy atom. The quantitative estimate of drug-likeness (QED) is 0.425. The van der Waals surface area contributed by atoms with Crippen LogP contribution in [0, 0.1) is 0 Å². The van der Waals surface area contributed by atoms with Crippen molar-refractivity contribution in [1.29, 1.82) is 0 Å². The van der Waals surface area contributed by atoms with Crippen LogP contribution in [-0.4, -0.2) is 61.8 Å². The van der Waals surface area contributed by atoms with Crippen LogP contribution in [-0.2, 0) is 19.1 Å². The molecule has 0 aliphatic rings. The van der Waals surface area contributed by atoms with Crippen LogP contribution >= 0.6 is 0 Å².